The number of hydrogen-bond donors (Lipinski definition) is 4. The number of aliphatic hydroxyl groups excluding tert-OH is 1. The van der Waals surface area contributed by atoms with Gasteiger partial charge in [-0.15, -0.1) is 0 Å². The van der Waals surface area contributed by atoms with Crippen LogP contribution in [0.2, 0.25) is 0 Å². The zero-order valence-corrected chi connectivity index (χ0v) is 13.2. The average Bonchev–Trinajstić information content (AvgIpc) is 3.28. The quantitative estimate of drug-likeness (QED) is 0.456. The average molecular weight is 329 g/mol. The Labute approximate surface area is 143 Å². The topological polar surface area (TPSA) is 80.9 Å². The fraction of sp³-hybridized carbons (Fsp3) is 0.0500. The van der Waals surface area contributed by atoms with Gasteiger partial charge in [0.25, 0.3) is 5.91 Å². The van der Waals surface area contributed by atoms with Crippen molar-refractivity contribution in [3.05, 3.63) is 72.1 Å². The number of nitrogens with one attached hydrogen (secondary N) is 3. The predicted octanol–water partition coefficient (Wildman–Crippen LogP) is 3.01. The molecule has 0 spiro atoms. The molecule has 0 fully saturated rings. The van der Waals surface area contributed by atoms with Gasteiger partial charge in [0, 0.05) is 27.7 Å². The summed E-state index contributed by atoms with van der Waals surface area (Å²) in [5, 5.41) is 15.1. The number of para-hydroxylation sites is 2. The third kappa shape index (κ3) is 2.10. The van der Waals surface area contributed by atoms with E-state index in [2.05, 4.69) is 15.3 Å². The smallest absolute Gasteiger partial charge is 0.256 e. The molecule has 1 unspecified atom stereocenters. The van der Waals surface area contributed by atoms with Gasteiger partial charge in [0.2, 0.25) is 0 Å². The number of amides is 1. The standard InChI is InChI=1S/C20H15N3O2/c24-19-17(15-9-11-5-1-3-7-13(11)21-15)18(20(25)23-19)16-10-12-6-2-4-8-14(12)22-16/h1-10,19,21-22,24H,(H,23,25). The number of rotatable bonds is 2. The monoisotopic (exact) mass is 329 g/mol. The number of H-pyrrole nitrogens is 2. The highest BCUT2D eigenvalue weighted by molar-refractivity contribution is 6.30. The van der Waals surface area contributed by atoms with Crippen molar-refractivity contribution < 1.29 is 9.90 Å². The molecule has 25 heavy (non-hydrogen) atoms. The number of carbonyl (C=O) groups is 1. The second-order valence-corrected chi connectivity index (χ2v) is 6.21. The summed E-state index contributed by atoms with van der Waals surface area (Å²) in [7, 11) is 0. The lowest BCUT2D eigenvalue weighted by Crippen LogP contribution is -2.27. The van der Waals surface area contributed by atoms with Gasteiger partial charge in [0.1, 0.15) is 0 Å². The summed E-state index contributed by atoms with van der Waals surface area (Å²) in [6.45, 7) is 0. The Morgan fingerprint density at radius 2 is 1.36 bits per heavy atom. The SMILES string of the molecule is O=C1NC(O)C(c2cc3ccccc3[nH]2)=C1c1cc2ccccc2[nH]1. The summed E-state index contributed by atoms with van der Waals surface area (Å²) in [5.41, 5.74) is 4.38. The molecular formula is C20H15N3O2. The maximum Gasteiger partial charge on any atom is 0.256 e. The molecule has 1 aliphatic heterocycles. The van der Waals surface area contributed by atoms with E-state index in [1.165, 1.54) is 0 Å². The summed E-state index contributed by atoms with van der Waals surface area (Å²) in [6, 6.07) is 19.6. The molecule has 0 aliphatic carbocycles. The molecule has 3 heterocycles. The second kappa shape index (κ2) is 5.09. The number of carbonyl (C=O) groups excluding carboxylic acids is 1. The highest BCUT2D eigenvalue weighted by Gasteiger charge is 2.33. The van der Waals surface area contributed by atoms with E-state index in [0.717, 1.165) is 27.5 Å². The Bertz CT molecular complexity index is 1100. The summed E-state index contributed by atoms with van der Waals surface area (Å²) in [6.07, 6.45) is -1.04. The lowest BCUT2D eigenvalue weighted by atomic mass is 10.0. The molecule has 122 valence electrons. The van der Waals surface area contributed by atoms with Gasteiger partial charge in [-0.05, 0) is 29.7 Å². The van der Waals surface area contributed by atoms with Crippen LogP contribution in [0, 0.1) is 0 Å². The van der Waals surface area contributed by atoms with Gasteiger partial charge in [-0.25, -0.2) is 0 Å². The normalized spacial score (nSPS) is 17.6. The molecule has 5 heteroatoms. The molecule has 1 aliphatic rings. The van der Waals surface area contributed by atoms with E-state index >= 15 is 0 Å². The van der Waals surface area contributed by atoms with Crippen molar-refractivity contribution in [3.8, 4) is 0 Å². The summed E-state index contributed by atoms with van der Waals surface area (Å²) < 4.78 is 0. The van der Waals surface area contributed by atoms with Crippen molar-refractivity contribution in [1.82, 2.24) is 15.3 Å². The molecule has 0 radical (unpaired) electrons. The molecule has 1 atom stereocenters. The third-order valence-electron chi connectivity index (χ3n) is 4.66. The van der Waals surface area contributed by atoms with Crippen LogP contribution < -0.4 is 5.32 Å². The first kappa shape index (κ1) is 14.1. The van der Waals surface area contributed by atoms with Crippen LogP contribution in [-0.2, 0) is 4.79 Å². The zero-order valence-electron chi connectivity index (χ0n) is 13.2. The molecule has 0 saturated carbocycles. The number of benzene rings is 2. The number of aromatic nitrogens is 2. The van der Waals surface area contributed by atoms with E-state index in [4.69, 9.17) is 0 Å². The lowest BCUT2D eigenvalue weighted by molar-refractivity contribution is -0.116. The lowest BCUT2D eigenvalue weighted by Gasteiger charge is -2.06. The molecule has 2 aromatic carbocycles. The number of aliphatic hydroxyl groups is 1. The Morgan fingerprint density at radius 3 is 2.00 bits per heavy atom. The molecule has 2 aromatic heterocycles. The highest BCUT2D eigenvalue weighted by atomic mass is 16.3. The largest absolute Gasteiger partial charge is 0.369 e. The fourth-order valence-corrected chi connectivity index (χ4v) is 3.50. The minimum absolute atomic E-state index is 0.285. The van der Waals surface area contributed by atoms with E-state index < -0.39 is 6.23 Å². The summed E-state index contributed by atoms with van der Waals surface area (Å²) in [5.74, 6) is -0.285. The zero-order chi connectivity index (χ0) is 17.0. The van der Waals surface area contributed by atoms with Crippen LogP contribution in [-0.4, -0.2) is 27.2 Å². The van der Waals surface area contributed by atoms with Gasteiger partial charge < -0.3 is 20.4 Å². The predicted molar refractivity (Wildman–Crippen MR) is 97.6 cm³/mol. The van der Waals surface area contributed by atoms with Crippen molar-refractivity contribution in [3.63, 3.8) is 0 Å². The molecule has 4 aromatic rings. The van der Waals surface area contributed by atoms with Crippen LogP contribution in [0.5, 0.6) is 0 Å². The van der Waals surface area contributed by atoms with Gasteiger partial charge in [0.15, 0.2) is 6.23 Å². The van der Waals surface area contributed by atoms with Crippen LogP contribution in [0.15, 0.2) is 60.7 Å². The first-order valence-electron chi connectivity index (χ1n) is 8.10. The van der Waals surface area contributed by atoms with Gasteiger partial charge >= 0.3 is 0 Å². The van der Waals surface area contributed by atoms with Crippen LogP contribution in [0.4, 0.5) is 0 Å². The van der Waals surface area contributed by atoms with Gasteiger partial charge in [0.05, 0.1) is 11.3 Å². The minimum atomic E-state index is -1.04. The van der Waals surface area contributed by atoms with E-state index in [0.29, 0.717) is 16.8 Å². The molecular weight excluding hydrogens is 314 g/mol. The number of aromatic amines is 2. The number of hydrogen-bond acceptors (Lipinski definition) is 2. The van der Waals surface area contributed by atoms with Crippen LogP contribution in [0.1, 0.15) is 11.4 Å². The van der Waals surface area contributed by atoms with Crippen LogP contribution in [0.3, 0.4) is 0 Å². The Kier molecular flexibility index (Phi) is 2.87. The Morgan fingerprint density at radius 1 is 0.800 bits per heavy atom. The van der Waals surface area contributed by atoms with Gasteiger partial charge in [-0.2, -0.15) is 0 Å². The van der Waals surface area contributed by atoms with E-state index in [9.17, 15) is 9.90 Å². The first-order chi connectivity index (χ1) is 12.2. The molecule has 1 amide bonds. The van der Waals surface area contributed by atoms with E-state index in [1.807, 2.05) is 60.7 Å². The van der Waals surface area contributed by atoms with Crippen molar-refractivity contribution in [2.45, 2.75) is 6.23 Å². The number of fused-ring (bicyclic) bond motifs is 2. The fourth-order valence-electron chi connectivity index (χ4n) is 3.50. The van der Waals surface area contributed by atoms with Crippen LogP contribution in [0.25, 0.3) is 33.0 Å². The third-order valence-corrected chi connectivity index (χ3v) is 4.66. The molecule has 0 saturated heterocycles. The Hall–Kier alpha value is -3.31. The van der Waals surface area contributed by atoms with Crippen molar-refractivity contribution >= 4 is 38.9 Å². The molecule has 0 bridgehead atoms. The first-order valence-corrected chi connectivity index (χ1v) is 8.10. The van der Waals surface area contributed by atoms with Crippen molar-refractivity contribution in [2.24, 2.45) is 0 Å². The van der Waals surface area contributed by atoms with E-state index in [1.54, 1.807) is 0 Å². The summed E-state index contributed by atoms with van der Waals surface area (Å²) >= 11 is 0. The second-order valence-electron chi connectivity index (χ2n) is 6.21. The molecule has 5 rings (SSSR count). The van der Waals surface area contributed by atoms with E-state index in [-0.39, 0.29) is 5.91 Å². The maximum absolute atomic E-state index is 12.5. The van der Waals surface area contributed by atoms with Gasteiger partial charge in [-0.1, -0.05) is 36.4 Å². The van der Waals surface area contributed by atoms with Crippen molar-refractivity contribution in [2.75, 3.05) is 0 Å². The highest BCUT2D eigenvalue weighted by Crippen LogP contribution is 2.35. The van der Waals surface area contributed by atoms with Gasteiger partial charge in [-0.3, -0.25) is 4.79 Å². The molecule has 5 nitrogen and oxygen atoms in total. The van der Waals surface area contributed by atoms with Crippen molar-refractivity contribution in [1.29, 1.82) is 0 Å². The summed E-state index contributed by atoms with van der Waals surface area (Å²) in [4.78, 5) is 19.1. The Balaban J connectivity index is 1.76. The minimum Gasteiger partial charge on any atom is -0.369 e. The molecule has 4 N–H and O–H groups in total. The maximum atomic E-state index is 12.5. The van der Waals surface area contributed by atoms with Crippen LogP contribution >= 0.6 is 0 Å².